The van der Waals surface area contributed by atoms with Gasteiger partial charge in [0.1, 0.15) is 11.3 Å². The predicted molar refractivity (Wildman–Crippen MR) is 63.4 cm³/mol. The zero-order valence-corrected chi connectivity index (χ0v) is 10.7. The van der Waals surface area contributed by atoms with Gasteiger partial charge in [0.15, 0.2) is 6.10 Å². The molecule has 1 unspecified atom stereocenters. The third-order valence-corrected chi connectivity index (χ3v) is 2.44. The molecule has 1 N–H and O–H groups in total. The average molecular weight is 253 g/mol. The van der Waals surface area contributed by atoms with Gasteiger partial charge < -0.3 is 14.5 Å². The van der Waals surface area contributed by atoms with Crippen molar-refractivity contribution >= 4 is 11.9 Å². The van der Waals surface area contributed by atoms with E-state index in [1.807, 2.05) is 0 Å². The summed E-state index contributed by atoms with van der Waals surface area (Å²) in [4.78, 5) is 34.2. The van der Waals surface area contributed by atoms with Crippen LogP contribution < -0.4 is 10.9 Å². The predicted octanol–water partition coefficient (Wildman–Crippen LogP) is 0.548. The normalized spacial score (nSPS) is 11.8. The van der Waals surface area contributed by atoms with Crippen LogP contribution in [0.4, 0.5) is 0 Å². The van der Waals surface area contributed by atoms with Gasteiger partial charge in [-0.3, -0.25) is 4.79 Å². The van der Waals surface area contributed by atoms with Gasteiger partial charge in [-0.1, -0.05) is 0 Å². The van der Waals surface area contributed by atoms with Crippen molar-refractivity contribution in [2.24, 2.45) is 0 Å². The molecule has 0 aromatic carbocycles. The van der Waals surface area contributed by atoms with E-state index in [-0.39, 0.29) is 11.3 Å². The summed E-state index contributed by atoms with van der Waals surface area (Å²) in [6.45, 7) is 4.56. The number of nitrogens with one attached hydrogen (secondary N) is 1. The van der Waals surface area contributed by atoms with E-state index in [9.17, 15) is 14.4 Å². The van der Waals surface area contributed by atoms with Gasteiger partial charge in [0.2, 0.25) is 0 Å². The average Bonchev–Trinajstić information content (AvgIpc) is 2.26. The van der Waals surface area contributed by atoms with Crippen LogP contribution in [0.3, 0.4) is 0 Å². The third kappa shape index (κ3) is 2.97. The number of carbonyl (C=O) groups is 2. The van der Waals surface area contributed by atoms with Crippen molar-refractivity contribution in [2.45, 2.75) is 26.9 Å². The van der Waals surface area contributed by atoms with Crippen molar-refractivity contribution in [3.63, 3.8) is 0 Å². The van der Waals surface area contributed by atoms with E-state index in [1.54, 1.807) is 6.92 Å². The van der Waals surface area contributed by atoms with Crippen molar-refractivity contribution in [3.05, 3.63) is 33.4 Å². The summed E-state index contributed by atoms with van der Waals surface area (Å²) in [5, 5.41) is 2.37. The number of carbonyl (C=O) groups excluding carboxylic acids is 2. The summed E-state index contributed by atoms with van der Waals surface area (Å²) in [6.07, 6.45) is -0.909. The number of likely N-dealkylation sites (N-methyl/N-ethyl adjacent to an activating group) is 1. The molecular formula is C12H15NO5. The fourth-order valence-electron chi connectivity index (χ4n) is 1.54. The van der Waals surface area contributed by atoms with Crippen LogP contribution in [0.2, 0.25) is 0 Å². The van der Waals surface area contributed by atoms with Crippen molar-refractivity contribution in [1.29, 1.82) is 0 Å². The number of amides is 1. The molecule has 0 saturated carbocycles. The summed E-state index contributed by atoms with van der Waals surface area (Å²) >= 11 is 0. The molecule has 1 amide bonds. The second kappa shape index (κ2) is 5.48. The molecule has 1 aromatic heterocycles. The highest BCUT2D eigenvalue weighted by atomic mass is 16.5. The molecule has 6 nitrogen and oxygen atoms in total. The highest BCUT2D eigenvalue weighted by Gasteiger charge is 2.21. The maximum atomic E-state index is 11.9. The highest BCUT2D eigenvalue weighted by Crippen LogP contribution is 2.13. The molecule has 0 bridgehead atoms. The Hall–Kier alpha value is -2.11. The Kier molecular flexibility index (Phi) is 4.25. The van der Waals surface area contributed by atoms with E-state index >= 15 is 0 Å². The Morgan fingerprint density at radius 2 is 2.00 bits per heavy atom. The largest absolute Gasteiger partial charge is 0.449 e. The molecule has 1 atom stereocenters. The minimum absolute atomic E-state index is 0.172. The number of aryl methyl sites for hydroxylation is 2. The minimum atomic E-state index is -0.909. The Morgan fingerprint density at radius 3 is 2.50 bits per heavy atom. The summed E-state index contributed by atoms with van der Waals surface area (Å²) in [7, 11) is 1.45. The number of esters is 1. The molecule has 1 heterocycles. The highest BCUT2D eigenvalue weighted by molar-refractivity contribution is 5.94. The van der Waals surface area contributed by atoms with Gasteiger partial charge in [-0.15, -0.1) is 0 Å². The molecule has 98 valence electrons. The lowest BCUT2D eigenvalue weighted by Gasteiger charge is -2.13. The summed E-state index contributed by atoms with van der Waals surface area (Å²) in [6, 6.07) is 1.20. The first kappa shape index (κ1) is 14.0. The van der Waals surface area contributed by atoms with Crippen molar-refractivity contribution < 1.29 is 18.7 Å². The van der Waals surface area contributed by atoms with Crippen molar-refractivity contribution in [1.82, 2.24) is 5.32 Å². The quantitative estimate of drug-likeness (QED) is 0.795. The fourth-order valence-corrected chi connectivity index (χ4v) is 1.54. The lowest BCUT2D eigenvalue weighted by molar-refractivity contribution is -0.128. The molecule has 0 radical (unpaired) electrons. The van der Waals surface area contributed by atoms with Gasteiger partial charge in [-0.05, 0) is 26.3 Å². The van der Waals surface area contributed by atoms with Crippen LogP contribution in [0.15, 0.2) is 15.3 Å². The first-order chi connectivity index (χ1) is 8.36. The molecule has 0 aliphatic rings. The van der Waals surface area contributed by atoms with E-state index < -0.39 is 23.6 Å². The topological polar surface area (TPSA) is 85.6 Å². The maximum absolute atomic E-state index is 11.9. The summed E-state index contributed by atoms with van der Waals surface area (Å²) in [5.41, 5.74) is 0.101. The fraction of sp³-hybridized carbons (Fsp3) is 0.417. The third-order valence-electron chi connectivity index (χ3n) is 2.44. The van der Waals surface area contributed by atoms with E-state index in [4.69, 9.17) is 9.15 Å². The summed E-state index contributed by atoms with van der Waals surface area (Å²) < 4.78 is 9.80. The molecule has 6 heteroatoms. The first-order valence-corrected chi connectivity index (χ1v) is 5.40. The molecule has 0 spiro atoms. The molecule has 18 heavy (non-hydrogen) atoms. The summed E-state index contributed by atoms with van der Waals surface area (Å²) in [5.74, 6) is -0.921. The van der Waals surface area contributed by atoms with Crippen LogP contribution in [0.1, 0.15) is 28.6 Å². The van der Waals surface area contributed by atoms with E-state index in [2.05, 4.69) is 5.32 Å². The number of rotatable bonds is 3. The van der Waals surface area contributed by atoms with E-state index in [1.165, 1.54) is 27.0 Å². The van der Waals surface area contributed by atoms with Crippen LogP contribution >= 0.6 is 0 Å². The van der Waals surface area contributed by atoms with Gasteiger partial charge in [0.05, 0.1) is 0 Å². The lowest BCUT2D eigenvalue weighted by Crippen LogP contribution is -2.33. The zero-order chi connectivity index (χ0) is 13.9. The Morgan fingerprint density at radius 1 is 1.39 bits per heavy atom. The Labute approximate surface area is 104 Å². The van der Waals surface area contributed by atoms with Crippen LogP contribution in [-0.2, 0) is 9.53 Å². The van der Waals surface area contributed by atoms with Crippen LogP contribution in [-0.4, -0.2) is 25.0 Å². The van der Waals surface area contributed by atoms with Gasteiger partial charge in [-0.2, -0.15) is 0 Å². The van der Waals surface area contributed by atoms with E-state index in [0.29, 0.717) is 5.56 Å². The van der Waals surface area contributed by atoms with Gasteiger partial charge in [0, 0.05) is 13.1 Å². The van der Waals surface area contributed by atoms with Gasteiger partial charge in [-0.25, -0.2) is 9.59 Å². The van der Waals surface area contributed by atoms with E-state index in [0.717, 1.165) is 0 Å². The van der Waals surface area contributed by atoms with Gasteiger partial charge in [0.25, 0.3) is 5.91 Å². The van der Waals surface area contributed by atoms with Crippen molar-refractivity contribution in [2.75, 3.05) is 7.05 Å². The molecular weight excluding hydrogens is 238 g/mol. The molecule has 1 rings (SSSR count). The molecule has 0 aliphatic heterocycles. The monoisotopic (exact) mass is 253 g/mol. The number of hydrogen-bond donors (Lipinski definition) is 1. The van der Waals surface area contributed by atoms with Crippen LogP contribution in [0.25, 0.3) is 0 Å². The van der Waals surface area contributed by atoms with Gasteiger partial charge >= 0.3 is 11.6 Å². The second-order valence-corrected chi connectivity index (χ2v) is 3.84. The SMILES string of the molecule is CNC(=O)C(C)OC(=O)c1c(C)cc(=O)oc1C. The molecule has 0 saturated heterocycles. The van der Waals surface area contributed by atoms with Crippen LogP contribution in [0.5, 0.6) is 0 Å². The lowest BCUT2D eigenvalue weighted by atomic mass is 10.1. The second-order valence-electron chi connectivity index (χ2n) is 3.84. The maximum Gasteiger partial charge on any atom is 0.342 e. The Bertz CT molecular complexity index is 506. The zero-order valence-electron chi connectivity index (χ0n) is 10.7. The number of hydrogen-bond acceptors (Lipinski definition) is 5. The smallest absolute Gasteiger partial charge is 0.342 e. The van der Waals surface area contributed by atoms with Crippen LogP contribution in [0, 0.1) is 13.8 Å². The first-order valence-electron chi connectivity index (χ1n) is 5.40. The molecule has 1 aromatic rings. The standard InChI is InChI=1S/C12H15NO5/c1-6-5-9(14)17-7(2)10(6)12(16)18-8(3)11(15)13-4/h5,8H,1-4H3,(H,13,15). The van der Waals surface area contributed by atoms with Crippen molar-refractivity contribution in [3.8, 4) is 0 Å². The molecule has 0 aliphatic carbocycles. The minimum Gasteiger partial charge on any atom is -0.449 e. The molecule has 0 fully saturated rings. The Balaban J connectivity index is 2.99. The number of ether oxygens (including phenoxy) is 1.